The molecular formula is C32H36N2O6. The highest BCUT2D eigenvalue weighted by Gasteiger charge is 2.72. The van der Waals surface area contributed by atoms with E-state index in [1.54, 1.807) is 4.90 Å². The number of ether oxygens (including phenoxy) is 2. The number of carbonyl (C=O) groups is 3. The van der Waals surface area contributed by atoms with Crippen molar-refractivity contribution in [2.24, 2.45) is 17.8 Å². The van der Waals surface area contributed by atoms with E-state index in [0.717, 1.165) is 17.2 Å². The molecule has 40 heavy (non-hydrogen) atoms. The van der Waals surface area contributed by atoms with Gasteiger partial charge in [-0.15, -0.1) is 0 Å². The molecule has 1 unspecified atom stereocenters. The van der Waals surface area contributed by atoms with Gasteiger partial charge in [-0.05, 0) is 48.1 Å². The molecule has 0 saturated carbocycles. The number of rotatable bonds is 5. The van der Waals surface area contributed by atoms with Crippen molar-refractivity contribution in [1.82, 2.24) is 4.90 Å². The zero-order valence-electron chi connectivity index (χ0n) is 22.9. The predicted octanol–water partition coefficient (Wildman–Crippen LogP) is 3.62. The zero-order chi connectivity index (χ0) is 28.0. The molecule has 0 aliphatic carbocycles. The van der Waals surface area contributed by atoms with Crippen LogP contribution in [0.25, 0.3) is 10.8 Å². The molecule has 0 bridgehead atoms. The number of cyclic esters (lactones) is 1. The molecule has 2 amide bonds. The van der Waals surface area contributed by atoms with Gasteiger partial charge in [-0.3, -0.25) is 14.4 Å². The van der Waals surface area contributed by atoms with Crippen LogP contribution in [-0.4, -0.2) is 71.3 Å². The maximum Gasteiger partial charge on any atom is 0.312 e. The summed E-state index contributed by atoms with van der Waals surface area (Å²) in [7, 11) is 0. The normalized spacial score (nSPS) is 31.6. The van der Waals surface area contributed by atoms with Crippen LogP contribution in [0.1, 0.15) is 33.1 Å². The van der Waals surface area contributed by atoms with Crippen LogP contribution in [0.2, 0.25) is 0 Å². The van der Waals surface area contributed by atoms with Gasteiger partial charge in [-0.25, -0.2) is 0 Å². The van der Waals surface area contributed by atoms with Crippen molar-refractivity contribution in [1.29, 1.82) is 0 Å². The Hall–Kier alpha value is -3.49. The Morgan fingerprint density at radius 2 is 1.85 bits per heavy atom. The van der Waals surface area contributed by atoms with Gasteiger partial charge in [-0.2, -0.15) is 0 Å². The smallest absolute Gasteiger partial charge is 0.312 e. The van der Waals surface area contributed by atoms with Gasteiger partial charge in [0.1, 0.15) is 17.6 Å². The third kappa shape index (κ3) is 4.25. The maximum atomic E-state index is 14.6. The number of hydrogen-bond acceptors (Lipinski definition) is 6. The average molecular weight is 545 g/mol. The number of likely N-dealkylation sites (tertiary alicyclic amines) is 1. The molecule has 2 fully saturated rings. The highest BCUT2D eigenvalue weighted by molar-refractivity contribution is 6.06. The Morgan fingerprint density at radius 1 is 1.05 bits per heavy atom. The van der Waals surface area contributed by atoms with E-state index >= 15 is 0 Å². The van der Waals surface area contributed by atoms with Crippen LogP contribution in [0.3, 0.4) is 0 Å². The second-order valence-corrected chi connectivity index (χ2v) is 11.7. The van der Waals surface area contributed by atoms with Gasteiger partial charge in [-0.1, -0.05) is 68.5 Å². The van der Waals surface area contributed by atoms with Gasteiger partial charge in [0.15, 0.2) is 0 Å². The Bertz CT molecular complexity index is 1380. The number of carbonyl (C=O) groups excluding carboxylic acids is 3. The minimum atomic E-state index is -1.36. The molecule has 0 aromatic heterocycles. The largest absolute Gasteiger partial charge is 0.465 e. The summed E-state index contributed by atoms with van der Waals surface area (Å²) >= 11 is 0. The number of aliphatic hydroxyl groups is 1. The second kappa shape index (κ2) is 10.5. The molecule has 2 saturated heterocycles. The molecule has 4 heterocycles. The van der Waals surface area contributed by atoms with E-state index < -0.39 is 41.6 Å². The second-order valence-electron chi connectivity index (χ2n) is 11.7. The van der Waals surface area contributed by atoms with E-state index in [2.05, 4.69) is 0 Å². The summed E-state index contributed by atoms with van der Waals surface area (Å²) in [5.41, 5.74) is -0.646. The Balaban J connectivity index is 1.48. The topological polar surface area (TPSA) is 96.4 Å². The number of aliphatic hydroxyl groups excluding tert-OH is 1. The van der Waals surface area contributed by atoms with E-state index in [9.17, 15) is 19.5 Å². The first-order chi connectivity index (χ1) is 19.4. The van der Waals surface area contributed by atoms with Gasteiger partial charge in [0.25, 0.3) is 5.91 Å². The Labute approximate surface area is 234 Å². The van der Waals surface area contributed by atoms with E-state index in [4.69, 9.17) is 9.47 Å². The van der Waals surface area contributed by atoms with Crippen LogP contribution in [0.15, 0.2) is 66.8 Å². The lowest BCUT2D eigenvalue weighted by Crippen LogP contribution is -2.58. The third-order valence-corrected chi connectivity index (χ3v) is 8.68. The average Bonchev–Trinajstić information content (AvgIpc) is 3.36. The lowest BCUT2D eigenvalue weighted by molar-refractivity contribution is -0.155. The maximum absolute atomic E-state index is 14.6. The minimum absolute atomic E-state index is 0.167. The quantitative estimate of drug-likeness (QED) is 0.456. The molecule has 0 radical (unpaired) electrons. The number of anilines is 1. The first-order valence-corrected chi connectivity index (χ1v) is 14.3. The zero-order valence-corrected chi connectivity index (χ0v) is 22.9. The summed E-state index contributed by atoms with van der Waals surface area (Å²) in [5.74, 6) is -2.76. The minimum Gasteiger partial charge on any atom is -0.465 e. The molecule has 2 aromatic carbocycles. The molecule has 2 aromatic rings. The molecule has 4 aliphatic heterocycles. The Morgan fingerprint density at radius 3 is 2.62 bits per heavy atom. The first-order valence-electron chi connectivity index (χ1n) is 14.3. The monoisotopic (exact) mass is 544 g/mol. The van der Waals surface area contributed by atoms with Crippen molar-refractivity contribution >= 4 is 34.2 Å². The molecule has 4 aliphatic rings. The van der Waals surface area contributed by atoms with E-state index in [-0.39, 0.29) is 37.5 Å². The SMILES string of the molecule is CC(C)C[C@H](CO)N1C(=O)[C@@H]2[C@H]3C(=O)OCCC/C=C\[C@H]3O[C@@]23C=CCN(c2ccc4ccccc4c2)C(=O)C13. The fourth-order valence-corrected chi connectivity index (χ4v) is 6.98. The van der Waals surface area contributed by atoms with Gasteiger partial charge >= 0.3 is 5.97 Å². The van der Waals surface area contributed by atoms with Crippen molar-refractivity contribution in [3.8, 4) is 0 Å². The number of fused-ring (bicyclic) bond motifs is 3. The lowest BCUT2D eigenvalue weighted by atomic mass is 9.78. The van der Waals surface area contributed by atoms with Crippen molar-refractivity contribution in [3.05, 3.63) is 66.8 Å². The molecule has 210 valence electrons. The summed E-state index contributed by atoms with van der Waals surface area (Å²) in [4.78, 5) is 45.6. The first kappa shape index (κ1) is 26.7. The summed E-state index contributed by atoms with van der Waals surface area (Å²) < 4.78 is 12.3. The predicted molar refractivity (Wildman–Crippen MR) is 150 cm³/mol. The van der Waals surface area contributed by atoms with Gasteiger partial charge in [0.05, 0.1) is 31.3 Å². The number of esters is 1. The van der Waals surface area contributed by atoms with Crippen molar-refractivity contribution in [3.63, 3.8) is 0 Å². The van der Waals surface area contributed by atoms with Crippen molar-refractivity contribution in [2.45, 2.75) is 56.9 Å². The fourth-order valence-electron chi connectivity index (χ4n) is 6.98. The van der Waals surface area contributed by atoms with Crippen molar-refractivity contribution < 1.29 is 29.0 Å². The number of allylic oxidation sites excluding steroid dienone is 1. The molecule has 1 N–H and O–H groups in total. The summed E-state index contributed by atoms with van der Waals surface area (Å²) in [6, 6.07) is 12.2. The standard InChI is InChI=1S/C32H36N2O6/c1-20(2)17-24(19-35)34-28-30(37)33(23-13-12-21-9-5-6-10-22(21)18-23)15-8-14-32(28)27(29(34)36)26-25(40-32)11-4-3-7-16-39-31(26)38/h4-6,8-14,18,20,24-28,35H,3,7,15-17,19H2,1-2H3/b11-4-/t24-,25-,26+,27+,28?,32+/m1/s1. The number of amides is 2. The van der Waals surface area contributed by atoms with Crippen LogP contribution >= 0.6 is 0 Å². The fraction of sp³-hybridized carbons (Fsp3) is 0.469. The highest BCUT2D eigenvalue weighted by Crippen LogP contribution is 2.54. The lowest BCUT2D eigenvalue weighted by Gasteiger charge is -2.39. The van der Waals surface area contributed by atoms with Crippen LogP contribution in [0, 0.1) is 17.8 Å². The van der Waals surface area contributed by atoms with Crippen LogP contribution in [0.4, 0.5) is 5.69 Å². The number of hydrogen-bond donors (Lipinski definition) is 1. The van der Waals surface area contributed by atoms with Crippen LogP contribution in [0.5, 0.6) is 0 Å². The summed E-state index contributed by atoms with van der Waals surface area (Å²) in [6.07, 6.45) is 8.75. The van der Waals surface area contributed by atoms with Crippen LogP contribution < -0.4 is 4.90 Å². The van der Waals surface area contributed by atoms with E-state index in [1.165, 1.54) is 4.90 Å². The van der Waals surface area contributed by atoms with Gasteiger partial charge in [0.2, 0.25) is 5.91 Å². The molecule has 8 nitrogen and oxygen atoms in total. The highest BCUT2D eigenvalue weighted by atomic mass is 16.6. The number of nitrogens with zero attached hydrogens (tertiary/aromatic N) is 2. The number of benzene rings is 2. The van der Waals surface area contributed by atoms with Gasteiger partial charge < -0.3 is 24.4 Å². The van der Waals surface area contributed by atoms with Crippen LogP contribution in [-0.2, 0) is 23.9 Å². The summed E-state index contributed by atoms with van der Waals surface area (Å²) in [5, 5.41) is 12.5. The van der Waals surface area contributed by atoms with E-state index in [0.29, 0.717) is 18.5 Å². The molecule has 1 spiro atoms. The van der Waals surface area contributed by atoms with Gasteiger partial charge in [0, 0.05) is 12.2 Å². The summed E-state index contributed by atoms with van der Waals surface area (Å²) in [6.45, 7) is 4.29. The third-order valence-electron chi connectivity index (χ3n) is 8.68. The molecular weight excluding hydrogens is 508 g/mol. The molecule has 6 rings (SSSR count). The van der Waals surface area contributed by atoms with Crippen molar-refractivity contribution in [2.75, 3.05) is 24.7 Å². The Kier molecular flexibility index (Phi) is 7.00. The van der Waals surface area contributed by atoms with E-state index in [1.807, 2.05) is 80.6 Å². The molecule has 6 atom stereocenters. The molecule has 8 heteroatoms.